The monoisotopic (exact) mass is 513 g/mol. The van der Waals surface area contributed by atoms with E-state index in [1.807, 2.05) is 32.2 Å². The summed E-state index contributed by atoms with van der Waals surface area (Å²) in [7, 11) is -3.69. The number of hydrogen-bond acceptors (Lipinski definition) is 5. The standard InChI is InChI=1S/C25H28FN5O2S2/c1-14(2)10-29-35(32,33)23-7-16-5-6-21(31-25(34)30-18-8-17(26)11-27-12-18)24(16)20-13-28-22(9-19(20)23)15-3-4-15/h7-9,11-15,21,29H,3-6,10H2,1-2H3,(H2,30,31,34). The van der Waals surface area contributed by atoms with Crippen LogP contribution in [0, 0.1) is 11.7 Å². The Labute approximate surface area is 210 Å². The number of benzene rings is 1. The molecule has 0 amide bonds. The van der Waals surface area contributed by atoms with Gasteiger partial charge in [-0.25, -0.2) is 17.5 Å². The number of hydrogen-bond donors (Lipinski definition) is 3. The molecule has 0 bridgehead atoms. The van der Waals surface area contributed by atoms with E-state index in [-0.39, 0.29) is 12.0 Å². The van der Waals surface area contributed by atoms with Crippen LogP contribution in [0.25, 0.3) is 10.8 Å². The van der Waals surface area contributed by atoms with Crippen LogP contribution in [0.2, 0.25) is 0 Å². The highest BCUT2D eigenvalue weighted by Gasteiger charge is 2.32. The summed E-state index contributed by atoms with van der Waals surface area (Å²) in [5.41, 5.74) is 3.38. The minimum Gasteiger partial charge on any atom is -0.356 e. The number of thiocarbonyl (C=S) groups is 1. The maximum absolute atomic E-state index is 13.5. The molecule has 35 heavy (non-hydrogen) atoms. The molecular formula is C25H28FN5O2S2. The van der Waals surface area contributed by atoms with E-state index in [0.717, 1.165) is 47.7 Å². The van der Waals surface area contributed by atoms with Gasteiger partial charge in [-0.2, -0.15) is 0 Å². The van der Waals surface area contributed by atoms with Crippen molar-refractivity contribution in [3.05, 3.63) is 59.4 Å². The SMILES string of the molecule is CC(C)CNS(=O)(=O)c1cc2c(c3cnc(C4CC4)cc13)C(NC(=S)Nc1cncc(F)c1)CC2. The number of aromatic nitrogens is 2. The van der Waals surface area contributed by atoms with Gasteiger partial charge in [0.2, 0.25) is 10.0 Å². The van der Waals surface area contributed by atoms with Crippen LogP contribution in [0.15, 0.2) is 41.7 Å². The van der Waals surface area contributed by atoms with Crippen molar-refractivity contribution in [3.63, 3.8) is 0 Å². The van der Waals surface area contributed by atoms with E-state index in [4.69, 9.17) is 17.2 Å². The molecule has 0 saturated heterocycles. The Balaban J connectivity index is 1.51. The lowest BCUT2D eigenvalue weighted by molar-refractivity contribution is 0.561. The van der Waals surface area contributed by atoms with Gasteiger partial charge in [0.25, 0.3) is 0 Å². The fraction of sp³-hybridized carbons (Fsp3) is 0.400. The number of rotatable bonds is 7. The van der Waals surface area contributed by atoms with Crippen LogP contribution < -0.4 is 15.4 Å². The first kappa shape index (κ1) is 24.0. The molecule has 1 atom stereocenters. The minimum atomic E-state index is -3.69. The fourth-order valence-electron chi connectivity index (χ4n) is 4.57. The second-order valence-electron chi connectivity index (χ2n) is 9.70. The predicted molar refractivity (Wildman–Crippen MR) is 138 cm³/mol. The number of aryl methyl sites for hydroxylation is 1. The Morgan fingerprint density at radius 1 is 1.14 bits per heavy atom. The van der Waals surface area contributed by atoms with E-state index in [2.05, 4.69) is 20.3 Å². The van der Waals surface area contributed by atoms with Gasteiger partial charge in [0.15, 0.2) is 5.11 Å². The summed E-state index contributed by atoms with van der Waals surface area (Å²) in [5.74, 6) is 0.148. The van der Waals surface area contributed by atoms with Crippen LogP contribution in [-0.2, 0) is 16.4 Å². The molecule has 3 N–H and O–H groups in total. The average molecular weight is 514 g/mol. The highest BCUT2D eigenvalue weighted by molar-refractivity contribution is 7.89. The molecule has 2 heterocycles. The molecule has 184 valence electrons. The third-order valence-electron chi connectivity index (χ3n) is 6.42. The van der Waals surface area contributed by atoms with Crippen molar-refractivity contribution in [1.82, 2.24) is 20.0 Å². The van der Waals surface area contributed by atoms with Crippen molar-refractivity contribution >= 4 is 43.8 Å². The van der Waals surface area contributed by atoms with E-state index in [9.17, 15) is 12.8 Å². The lowest BCUT2D eigenvalue weighted by atomic mass is 9.99. The maximum Gasteiger partial charge on any atom is 0.241 e. The zero-order valence-corrected chi connectivity index (χ0v) is 21.3. The first-order valence-electron chi connectivity index (χ1n) is 11.8. The molecule has 10 heteroatoms. The van der Waals surface area contributed by atoms with E-state index in [0.29, 0.717) is 40.0 Å². The Bertz CT molecular complexity index is 1410. The fourth-order valence-corrected chi connectivity index (χ4v) is 6.29. The smallest absolute Gasteiger partial charge is 0.241 e. The molecule has 2 aromatic heterocycles. The molecule has 7 nitrogen and oxygen atoms in total. The summed E-state index contributed by atoms with van der Waals surface area (Å²) >= 11 is 5.48. The molecule has 0 aliphatic heterocycles. The van der Waals surface area contributed by atoms with Crippen molar-refractivity contribution < 1.29 is 12.8 Å². The van der Waals surface area contributed by atoms with Crippen LogP contribution in [0.1, 0.15) is 61.9 Å². The zero-order valence-electron chi connectivity index (χ0n) is 19.6. The predicted octanol–water partition coefficient (Wildman–Crippen LogP) is 4.55. The highest BCUT2D eigenvalue weighted by atomic mass is 32.2. The maximum atomic E-state index is 13.5. The van der Waals surface area contributed by atoms with Crippen molar-refractivity contribution in [2.45, 2.75) is 56.4 Å². The average Bonchev–Trinajstić information content (AvgIpc) is 3.58. The van der Waals surface area contributed by atoms with Crippen molar-refractivity contribution in [2.75, 3.05) is 11.9 Å². The molecular weight excluding hydrogens is 485 g/mol. The molecule has 1 fully saturated rings. The second kappa shape index (κ2) is 9.40. The summed E-state index contributed by atoms with van der Waals surface area (Å²) < 4.78 is 42.9. The number of fused-ring (bicyclic) bond motifs is 3. The number of nitrogens with zero attached hydrogens (tertiary/aromatic N) is 2. The topological polar surface area (TPSA) is 96.0 Å². The number of nitrogens with one attached hydrogen (secondary N) is 3. The zero-order chi connectivity index (χ0) is 24.7. The van der Waals surface area contributed by atoms with Gasteiger partial charge in [0, 0.05) is 41.2 Å². The summed E-state index contributed by atoms with van der Waals surface area (Å²) in [6.45, 7) is 4.33. The summed E-state index contributed by atoms with van der Waals surface area (Å²) in [6.07, 6.45) is 8.07. The molecule has 0 spiro atoms. The van der Waals surface area contributed by atoms with Gasteiger partial charge in [0.05, 0.1) is 29.0 Å². The number of halogens is 1. The Kier molecular flexibility index (Phi) is 6.45. The highest BCUT2D eigenvalue weighted by Crippen LogP contribution is 2.43. The van der Waals surface area contributed by atoms with E-state index < -0.39 is 15.8 Å². The first-order valence-corrected chi connectivity index (χ1v) is 13.7. The Hall–Kier alpha value is -2.69. The van der Waals surface area contributed by atoms with Gasteiger partial charge >= 0.3 is 0 Å². The molecule has 2 aliphatic rings. The van der Waals surface area contributed by atoms with E-state index in [1.165, 1.54) is 12.3 Å². The first-order chi connectivity index (χ1) is 16.7. The number of pyridine rings is 2. The lowest BCUT2D eigenvalue weighted by Gasteiger charge is -2.20. The molecule has 3 aromatic rings. The van der Waals surface area contributed by atoms with Gasteiger partial charge in [-0.1, -0.05) is 13.8 Å². The van der Waals surface area contributed by atoms with Crippen molar-refractivity contribution in [2.24, 2.45) is 5.92 Å². The quantitative estimate of drug-likeness (QED) is 0.399. The van der Waals surface area contributed by atoms with Crippen LogP contribution in [0.3, 0.4) is 0 Å². The normalized spacial score (nSPS) is 17.5. The summed E-state index contributed by atoms with van der Waals surface area (Å²) in [6, 6.07) is 4.96. The number of anilines is 1. The van der Waals surface area contributed by atoms with E-state index >= 15 is 0 Å². The van der Waals surface area contributed by atoms with Crippen molar-refractivity contribution in [1.29, 1.82) is 0 Å². The molecule has 1 aromatic carbocycles. The molecule has 5 rings (SSSR count). The van der Waals surface area contributed by atoms with Crippen LogP contribution in [-0.4, -0.2) is 30.0 Å². The third kappa shape index (κ3) is 5.14. The van der Waals surface area contributed by atoms with Gasteiger partial charge in [0.1, 0.15) is 5.82 Å². The molecule has 2 aliphatic carbocycles. The van der Waals surface area contributed by atoms with Gasteiger partial charge in [-0.05, 0) is 67.1 Å². The van der Waals surface area contributed by atoms with E-state index in [1.54, 1.807) is 0 Å². The second-order valence-corrected chi connectivity index (χ2v) is 11.8. The molecule has 1 unspecified atom stereocenters. The summed E-state index contributed by atoms with van der Waals surface area (Å²) in [4.78, 5) is 8.84. The van der Waals surface area contributed by atoms with Crippen LogP contribution in [0.4, 0.5) is 10.1 Å². The van der Waals surface area contributed by atoms with Crippen molar-refractivity contribution in [3.8, 4) is 0 Å². The van der Waals surface area contributed by atoms with Gasteiger partial charge < -0.3 is 10.6 Å². The molecule has 1 saturated carbocycles. The van der Waals surface area contributed by atoms with Gasteiger partial charge in [-0.3, -0.25) is 9.97 Å². The Morgan fingerprint density at radius 3 is 2.66 bits per heavy atom. The summed E-state index contributed by atoms with van der Waals surface area (Å²) in [5, 5.41) is 8.16. The lowest BCUT2D eigenvalue weighted by Crippen LogP contribution is -2.31. The molecule has 0 radical (unpaired) electrons. The Morgan fingerprint density at radius 2 is 1.94 bits per heavy atom. The van der Waals surface area contributed by atoms with Gasteiger partial charge in [-0.15, -0.1) is 0 Å². The van der Waals surface area contributed by atoms with Crippen LogP contribution >= 0.6 is 12.2 Å². The van der Waals surface area contributed by atoms with Crippen LogP contribution in [0.5, 0.6) is 0 Å². The number of sulfonamides is 1. The largest absolute Gasteiger partial charge is 0.356 e. The minimum absolute atomic E-state index is 0.122. The third-order valence-corrected chi connectivity index (χ3v) is 8.10.